The van der Waals surface area contributed by atoms with Crippen molar-refractivity contribution >= 4 is 17.9 Å². The summed E-state index contributed by atoms with van der Waals surface area (Å²) in [5.74, 6) is -0.558. The number of amides is 3. The van der Waals surface area contributed by atoms with E-state index >= 15 is 0 Å². The molecular formula is C31H45N3O4. The van der Waals surface area contributed by atoms with E-state index in [0.717, 1.165) is 29.5 Å². The van der Waals surface area contributed by atoms with Crippen LogP contribution in [0.15, 0.2) is 54.6 Å². The van der Waals surface area contributed by atoms with Gasteiger partial charge in [-0.1, -0.05) is 80.4 Å². The highest BCUT2D eigenvalue weighted by molar-refractivity contribution is 5.92. The van der Waals surface area contributed by atoms with Crippen LogP contribution in [0.2, 0.25) is 0 Å². The van der Waals surface area contributed by atoms with E-state index in [-0.39, 0.29) is 24.3 Å². The van der Waals surface area contributed by atoms with Crippen molar-refractivity contribution in [1.29, 1.82) is 0 Å². The number of aryl methyl sites for hydroxylation is 1. The van der Waals surface area contributed by atoms with Crippen LogP contribution < -0.4 is 10.6 Å². The minimum atomic E-state index is -0.910. The molecule has 2 N–H and O–H groups in total. The van der Waals surface area contributed by atoms with Crippen LogP contribution in [0.5, 0.6) is 0 Å². The van der Waals surface area contributed by atoms with E-state index in [1.54, 1.807) is 25.7 Å². The number of nitrogens with one attached hydrogen (secondary N) is 2. The average molecular weight is 524 g/mol. The number of rotatable bonds is 12. The summed E-state index contributed by atoms with van der Waals surface area (Å²) in [4.78, 5) is 42.3. The van der Waals surface area contributed by atoms with E-state index in [1.165, 1.54) is 0 Å². The number of hydrogen-bond acceptors (Lipinski definition) is 4. The number of ether oxygens (including phenoxy) is 1. The molecule has 0 spiro atoms. The molecule has 0 heterocycles. The number of carbonyl (C=O) groups excluding carboxylic acids is 3. The minimum absolute atomic E-state index is 0.0287. The third-order valence-corrected chi connectivity index (χ3v) is 6.08. The van der Waals surface area contributed by atoms with Crippen LogP contribution in [0.3, 0.4) is 0 Å². The summed E-state index contributed by atoms with van der Waals surface area (Å²) in [6, 6.07) is 15.4. The Labute approximate surface area is 228 Å². The first kappa shape index (κ1) is 30.9. The highest BCUT2D eigenvalue weighted by atomic mass is 16.6. The van der Waals surface area contributed by atoms with E-state index in [9.17, 15) is 14.4 Å². The first-order valence-corrected chi connectivity index (χ1v) is 13.7. The van der Waals surface area contributed by atoms with E-state index in [1.807, 2.05) is 75.4 Å². The Morgan fingerprint density at radius 2 is 1.55 bits per heavy atom. The van der Waals surface area contributed by atoms with Gasteiger partial charge in [-0.15, -0.1) is 0 Å². The number of nitrogens with zero attached hydrogens (tertiary/aromatic N) is 1. The average Bonchev–Trinajstić information content (AvgIpc) is 2.83. The van der Waals surface area contributed by atoms with Crippen LogP contribution in [-0.2, 0) is 20.7 Å². The Balaban J connectivity index is 2.49. The van der Waals surface area contributed by atoms with Gasteiger partial charge in [0.25, 0.3) is 0 Å². The van der Waals surface area contributed by atoms with E-state index in [4.69, 9.17) is 4.74 Å². The Kier molecular flexibility index (Phi) is 11.8. The molecule has 38 heavy (non-hydrogen) atoms. The molecule has 0 radical (unpaired) electrons. The van der Waals surface area contributed by atoms with Gasteiger partial charge in [-0.3, -0.25) is 9.59 Å². The Bertz CT molecular complexity index is 1030. The van der Waals surface area contributed by atoms with Crippen molar-refractivity contribution < 1.29 is 19.1 Å². The van der Waals surface area contributed by atoms with E-state index in [0.29, 0.717) is 13.0 Å². The Hall–Kier alpha value is -3.35. The summed E-state index contributed by atoms with van der Waals surface area (Å²) >= 11 is 0. The Morgan fingerprint density at radius 1 is 0.921 bits per heavy atom. The molecule has 2 aromatic rings. The quantitative estimate of drug-likeness (QED) is 0.373. The molecule has 0 aliphatic heterocycles. The van der Waals surface area contributed by atoms with Gasteiger partial charge in [0, 0.05) is 19.0 Å². The fourth-order valence-electron chi connectivity index (χ4n) is 4.36. The predicted molar refractivity (Wildman–Crippen MR) is 152 cm³/mol. The number of hydrogen-bond donors (Lipinski definition) is 2. The van der Waals surface area contributed by atoms with Crippen molar-refractivity contribution in [2.75, 3.05) is 6.54 Å². The minimum Gasteiger partial charge on any atom is -0.444 e. The SMILES string of the molecule is CCCC(C)NC(=O)C(c1ccc(C)cc1)N(CCC)C(=O)C(Cc1ccccc1)NC(=O)OC(C)(C)C. The van der Waals surface area contributed by atoms with Crippen molar-refractivity contribution in [1.82, 2.24) is 15.5 Å². The molecule has 0 bridgehead atoms. The van der Waals surface area contributed by atoms with Crippen molar-refractivity contribution in [3.63, 3.8) is 0 Å². The Morgan fingerprint density at radius 3 is 2.11 bits per heavy atom. The van der Waals surface area contributed by atoms with Gasteiger partial charge in [0.05, 0.1) is 0 Å². The molecule has 2 rings (SSSR count). The summed E-state index contributed by atoms with van der Waals surface area (Å²) in [6.45, 7) is 13.7. The molecule has 208 valence electrons. The number of alkyl carbamates (subject to hydrolysis) is 1. The molecule has 0 aromatic heterocycles. The summed E-state index contributed by atoms with van der Waals surface area (Å²) in [7, 11) is 0. The van der Waals surface area contributed by atoms with Gasteiger partial charge in [0.2, 0.25) is 11.8 Å². The van der Waals surface area contributed by atoms with Gasteiger partial charge >= 0.3 is 6.09 Å². The normalized spacial score (nSPS) is 13.7. The molecule has 2 aromatic carbocycles. The van der Waals surface area contributed by atoms with Crippen molar-refractivity contribution in [2.24, 2.45) is 0 Å². The van der Waals surface area contributed by atoms with Crippen LogP contribution in [0, 0.1) is 6.92 Å². The molecular weight excluding hydrogens is 478 g/mol. The molecule has 7 nitrogen and oxygen atoms in total. The molecule has 0 saturated carbocycles. The second-order valence-corrected chi connectivity index (χ2v) is 10.9. The standard InChI is InChI=1S/C31H45N3O4/c1-8-13-23(4)32-28(35)27(25-18-16-22(3)17-19-25)34(20-9-2)29(36)26(21-24-14-11-10-12-15-24)33-30(37)38-31(5,6)7/h10-12,14-19,23,26-27H,8-9,13,20-21H2,1-7H3,(H,32,35)(H,33,37). The molecule has 0 aliphatic rings. The van der Waals surface area contributed by atoms with Crippen molar-refractivity contribution in [2.45, 2.75) is 97.9 Å². The van der Waals surface area contributed by atoms with E-state index in [2.05, 4.69) is 17.6 Å². The van der Waals surface area contributed by atoms with Gasteiger partial charge < -0.3 is 20.3 Å². The zero-order valence-corrected chi connectivity index (χ0v) is 24.0. The van der Waals surface area contributed by atoms with Gasteiger partial charge in [-0.05, 0) is 58.6 Å². The summed E-state index contributed by atoms with van der Waals surface area (Å²) in [5.41, 5.74) is 1.97. The fourth-order valence-corrected chi connectivity index (χ4v) is 4.36. The molecule has 0 fully saturated rings. The second-order valence-electron chi connectivity index (χ2n) is 10.9. The fraction of sp³-hybridized carbons (Fsp3) is 0.516. The van der Waals surface area contributed by atoms with Crippen LogP contribution in [0.25, 0.3) is 0 Å². The zero-order chi connectivity index (χ0) is 28.3. The van der Waals surface area contributed by atoms with E-state index < -0.39 is 23.8 Å². The van der Waals surface area contributed by atoms with Gasteiger partial charge in [-0.25, -0.2) is 4.79 Å². The lowest BCUT2D eigenvalue weighted by atomic mass is 9.99. The van der Waals surface area contributed by atoms with Crippen molar-refractivity contribution in [3.05, 3.63) is 71.3 Å². The van der Waals surface area contributed by atoms with Crippen LogP contribution >= 0.6 is 0 Å². The maximum atomic E-state index is 14.2. The highest BCUT2D eigenvalue weighted by Crippen LogP contribution is 2.25. The molecule has 3 unspecified atom stereocenters. The molecule has 0 aliphatic carbocycles. The van der Waals surface area contributed by atoms with Gasteiger partial charge in [0.15, 0.2) is 0 Å². The third-order valence-electron chi connectivity index (χ3n) is 6.08. The highest BCUT2D eigenvalue weighted by Gasteiger charge is 2.36. The van der Waals surface area contributed by atoms with Crippen LogP contribution in [0.4, 0.5) is 4.79 Å². The van der Waals surface area contributed by atoms with Crippen LogP contribution in [-0.4, -0.2) is 47.0 Å². The summed E-state index contributed by atoms with van der Waals surface area (Å²) in [6.07, 6.45) is 2.03. The smallest absolute Gasteiger partial charge is 0.408 e. The van der Waals surface area contributed by atoms with Gasteiger partial charge in [0.1, 0.15) is 17.7 Å². The topological polar surface area (TPSA) is 87.7 Å². The van der Waals surface area contributed by atoms with Crippen LogP contribution in [0.1, 0.15) is 83.5 Å². The lowest BCUT2D eigenvalue weighted by Gasteiger charge is -2.35. The number of benzene rings is 2. The second kappa shape index (κ2) is 14.6. The molecule has 0 saturated heterocycles. The van der Waals surface area contributed by atoms with Gasteiger partial charge in [-0.2, -0.15) is 0 Å². The number of carbonyl (C=O) groups is 3. The monoisotopic (exact) mass is 523 g/mol. The third kappa shape index (κ3) is 9.84. The lowest BCUT2D eigenvalue weighted by molar-refractivity contribution is -0.142. The molecule has 3 atom stereocenters. The molecule has 7 heteroatoms. The zero-order valence-electron chi connectivity index (χ0n) is 24.0. The first-order valence-electron chi connectivity index (χ1n) is 13.7. The van der Waals surface area contributed by atoms with Crippen molar-refractivity contribution in [3.8, 4) is 0 Å². The predicted octanol–water partition coefficient (Wildman–Crippen LogP) is 5.72. The maximum absolute atomic E-state index is 14.2. The summed E-state index contributed by atoms with van der Waals surface area (Å²) < 4.78 is 5.48. The maximum Gasteiger partial charge on any atom is 0.408 e. The largest absolute Gasteiger partial charge is 0.444 e. The lowest BCUT2D eigenvalue weighted by Crippen LogP contribution is -2.54. The molecule has 3 amide bonds. The first-order chi connectivity index (χ1) is 17.9. The summed E-state index contributed by atoms with van der Waals surface area (Å²) in [5, 5.41) is 5.90.